The molecule has 1 aliphatic heterocycles. The summed E-state index contributed by atoms with van der Waals surface area (Å²) in [5, 5.41) is 0. The Hall–Kier alpha value is -1.56. The first kappa shape index (κ1) is 11.5. The Morgan fingerprint density at radius 1 is 1.44 bits per heavy atom. The molecule has 1 atom stereocenters. The fourth-order valence-corrected chi connectivity index (χ4v) is 4.38. The van der Waals surface area contributed by atoms with Gasteiger partial charge < -0.3 is 9.38 Å². The smallest absolute Gasteiger partial charge is 0.183 e. The zero-order valence-electron chi connectivity index (χ0n) is 9.80. The van der Waals surface area contributed by atoms with Crippen LogP contribution in [-0.4, -0.2) is 29.3 Å². The van der Waals surface area contributed by atoms with Crippen molar-refractivity contribution in [2.24, 2.45) is 5.92 Å². The number of hydrogen-bond donors (Lipinski definition) is 1. The van der Waals surface area contributed by atoms with Gasteiger partial charge in [-0.25, -0.2) is 8.42 Å². The third-order valence-electron chi connectivity index (χ3n) is 3.38. The van der Waals surface area contributed by atoms with Gasteiger partial charge >= 0.3 is 0 Å². The normalized spacial score (nSPS) is 22.6. The van der Waals surface area contributed by atoms with E-state index in [1.54, 1.807) is 6.20 Å². The molecular weight excluding hydrogens is 252 g/mol. The number of imidazole rings is 1. The van der Waals surface area contributed by atoms with Gasteiger partial charge in [0.05, 0.1) is 11.5 Å². The van der Waals surface area contributed by atoms with Gasteiger partial charge in [0.25, 0.3) is 0 Å². The molecule has 3 heterocycles. The molecule has 6 heteroatoms. The summed E-state index contributed by atoms with van der Waals surface area (Å²) in [6.07, 6.45) is 5.08. The molecular formula is C12H14N2O3S. The minimum absolute atomic E-state index is 0.0353. The molecule has 1 fully saturated rings. The molecule has 2 aromatic heterocycles. The lowest BCUT2D eigenvalue weighted by Gasteiger charge is -2.03. The predicted octanol–water partition coefficient (Wildman–Crippen LogP) is 0.605. The Morgan fingerprint density at radius 3 is 3.00 bits per heavy atom. The van der Waals surface area contributed by atoms with Crippen LogP contribution in [-0.2, 0) is 16.3 Å². The van der Waals surface area contributed by atoms with Crippen LogP contribution in [0.1, 0.15) is 12.1 Å². The molecule has 0 amide bonds. The second kappa shape index (κ2) is 3.98. The maximum Gasteiger partial charge on any atom is 0.183 e. The van der Waals surface area contributed by atoms with E-state index < -0.39 is 9.84 Å². The SMILES string of the molecule is O=c1ccn2cc(CC3CCS(=O)(=O)C3)[nH]c2c1. The molecule has 0 aromatic carbocycles. The van der Waals surface area contributed by atoms with E-state index in [4.69, 9.17) is 0 Å². The van der Waals surface area contributed by atoms with Crippen molar-refractivity contribution in [3.05, 3.63) is 40.4 Å². The zero-order chi connectivity index (χ0) is 12.8. The molecule has 5 nitrogen and oxygen atoms in total. The van der Waals surface area contributed by atoms with Crippen molar-refractivity contribution in [1.29, 1.82) is 0 Å². The number of hydrogen-bond acceptors (Lipinski definition) is 3. The summed E-state index contributed by atoms with van der Waals surface area (Å²) < 4.78 is 24.6. The maximum atomic E-state index is 11.4. The van der Waals surface area contributed by atoms with Gasteiger partial charge in [-0.2, -0.15) is 0 Å². The average Bonchev–Trinajstić information content (AvgIpc) is 2.81. The number of H-pyrrole nitrogens is 1. The largest absolute Gasteiger partial charge is 0.343 e. The molecule has 0 aliphatic carbocycles. The molecule has 2 aromatic rings. The van der Waals surface area contributed by atoms with E-state index in [2.05, 4.69) is 4.98 Å². The van der Waals surface area contributed by atoms with Crippen LogP contribution in [0.3, 0.4) is 0 Å². The second-order valence-corrected chi connectivity index (χ2v) is 7.14. The van der Waals surface area contributed by atoms with Gasteiger partial charge in [-0.3, -0.25) is 4.79 Å². The molecule has 0 saturated carbocycles. The highest BCUT2D eigenvalue weighted by atomic mass is 32.2. The molecule has 0 radical (unpaired) electrons. The molecule has 1 unspecified atom stereocenters. The van der Waals surface area contributed by atoms with Crippen molar-refractivity contribution in [2.45, 2.75) is 12.8 Å². The van der Waals surface area contributed by atoms with E-state index >= 15 is 0 Å². The summed E-state index contributed by atoms with van der Waals surface area (Å²) in [6, 6.07) is 3.04. The number of nitrogens with zero attached hydrogens (tertiary/aromatic N) is 1. The fraction of sp³-hybridized carbons (Fsp3) is 0.417. The van der Waals surface area contributed by atoms with Crippen LogP contribution in [0, 0.1) is 5.92 Å². The molecule has 3 rings (SSSR count). The first-order valence-corrected chi connectivity index (χ1v) is 7.74. The van der Waals surface area contributed by atoms with Gasteiger partial charge in [0, 0.05) is 30.2 Å². The van der Waals surface area contributed by atoms with Crippen LogP contribution in [0.2, 0.25) is 0 Å². The number of aromatic nitrogens is 2. The van der Waals surface area contributed by atoms with Crippen molar-refractivity contribution in [1.82, 2.24) is 9.38 Å². The van der Waals surface area contributed by atoms with Gasteiger partial charge in [0.1, 0.15) is 5.65 Å². The van der Waals surface area contributed by atoms with Crippen LogP contribution >= 0.6 is 0 Å². The van der Waals surface area contributed by atoms with E-state index in [0.717, 1.165) is 24.2 Å². The summed E-state index contributed by atoms with van der Waals surface area (Å²) in [4.78, 5) is 14.4. The topological polar surface area (TPSA) is 71.4 Å². The summed E-state index contributed by atoms with van der Waals surface area (Å²) in [6.45, 7) is 0. The fourth-order valence-electron chi connectivity index (χ4n) is 2.52. The number of aromatic amines is 1. The molecule has 1 saturated heterocycles. The highest BCUT2D eigenvalue weighted by Crippen LogP contribution is 2.22. The molecule has 1 aliphatic rings. The minimum Gasteiger partial charge on any atom is -0.343 e. The summed E-state index contributed by atoms with van der Waals surface area (Å²) in [7, 11) is -2.82. The Balaban J connectivity index is 1.85. The van der Waals surface area contributed by atoms with E-state index in [1.165, 1.54) is 12.1 Å². The minimum atomic E-state index is -2.82. The summed E-state index contributed by atoms with van der Waals surface area (Å²) in [5.41, 5.74) is 1.69. The highest BCUT2D eigenvalue weighted by Gasteiger charge is 2.28. The lowest BCUT2D eigenvalue weighted by Crippen LogP contribution is -2.07. The van der Waals surface area contributed by atoms with Crippen molar-refractivity contribution in [3.8, 4) is 0 Å². The third kappa shape index (κ3) is 2.20. The van der Waals surface area contributed by atoms with E-state index in [-0.39, 0.29) is 17.1 Å². The van der Waals surface area contributed by atoms with Crippen LogP contribution in [0.15, 0.2) is 29.3 Å². The van der Waals surface area contributed by atoms with Gasteiger partial charge in [-0.1, -0.05) is 0 Å². The first-order chi connectivity index (χ1) is 8.52. The molecule has 18 heavy (non-hydrogen) atoms. The van der Waals surface area contributed by atoms with E-state index in [1.807, 2.05) is 10.6 Å². The van der Waals surface area contributed by atoms with Crippen molar-refractivity contribution in [3.63, 3.8) is 0 Å². The Labute approximate surface area is 104 Å². The van der Waals surface area contributed by atoms with Crippen molar-refractivity contribution < 1.29 is 8.42 Å². The van der Waals surface area contributed by atoms with Crippen LogP contribution in [0.25, 0.3) is 5.65 Å². The van der Waals surface area contributed by atoms with E-state index in [0.29, 0.717) is 5.75 Å². The van der Waals surface area contributed by atoms with Crippen LogP contribution in [0.5, 0.6) is 0 Å². The maximum absolute atomic E-state index is 11.4. The zero-order valence-corrected chi connectivity index (χ0v) is 10.6. The monoisotopic (exact) mass is 266 g/mol. The Bertz CT molecular complexity index is 742. The van der Waals surface area contributed by atoms with Gasteiger partial charge in [0.2, 0.25) is 0 Å². The lowest BCUT2D eigenvalue weighted by atomic mass is 10.0. The standard InChI is InChI=1S/C12H14N2O3S/c15-11-1-3-14-7-10(13-12(14)6-11)5-9-2-4-18(16,17)8-9/h1,3,6-7,9,13H,2,4-5,8H2. The van der Waals surface area contributed by atoms with E-state index in [9.17, 15) is 13.2 Å². The second-order valence-electron chi connectivity index (χ2n) is 4.91. The van der Waals surface area contributed by atoms with Gasteiger partial charge in [-0.15, -0.1) is 0 Å². The first-order valence-electron chi connectivity index (χ1n) is 5.92. The number of pyridine rings is 1. The summed E-state index contributed by atoms with van der Waals surface area (Å²) >= 11 is 0. The Morgan fingerprint density at radius 2 is 2.28 bits per heavy atom. The van der Waals surface area contributed by atoms with Crippen LogP contribution < -0.4 is 5.43 Å². The predicted molar refractivity (Wildman–Crippen MR) is 68.5 cm³/mol. The van der Waals surface area contributed by atoms with Crippen molar-refractivity contribution >= 4 is 15.5 Å². The average molecular weight is 266 g/mol. The van der Waals surface area contributed by atoms with Gasteiger partial charge in [0.15, 0.2) is 15.3 Å². The molecule has 0 bridgehead atoms. The molecule has 1 N–H and O–H groups in total. The Kier molecular flexibility index (Phi) is 2.55. The number of fused-ring (bicyclic) bond motifs is 1. The summed E-state index contributed by atoms with van der Waals surface area (Å²) in [5.74, 6) is 0.769. The number of sulfone groups is 1. The quantitative estimate of drug-likeness (QED) is 0.865. The molecule has 96 valence electrons. The lowest BCUT2D eigenvalue weighted by molar-refractivity contribution is 0.578. The number of rotatable bonds is 2. The molecule has 0 spiro atoms. The highest BCUT2D eigenvalue weighted by molar-refractivity contribution is 7.91. The third-order valence-corrected chi connectivity index (χ3v) is 5.21. The number of nitrogens with one attached hydrogen (secondary N) is 1. The van der Waals surface area contributed by atoms with Crippen molar-refractivity contribution in [2.75, 3.05) is 11.5 Å². The van der Waals surface area contributed by atoms with Crippen LogP contribution in [0.4, 0.5) is 0 Å². The van der Waals surface area contributed by atoms with Gasteiger partial charge in [-0.05, 0) is 18.8 Å².